The lowest BCUT2D eigenvalue weighted by molar-refractivity contribution is 0.479. The van der Waals surface area contributed by atoms with Gasteiger partial charge in [-0.1, -0.05) is 78.9 Å². The molecule has 6 N–H and O–H groups in total. The van der Waals surface area contributed by atoms with Gasteiger partial charge in [0, 0.05) is 70.0 Å². The summed E-state index contributed by atoms with van der Waals surface area (Å²) in [6.07, 6.45) is 0. The molecule has 0 bridgehead atoms. The summed E-state index contributed by atoms with van der Waals surface area (Å²) in [6, 6.07) is 35.2. The fourth-order valence-electron chi connectivity index (χ4n) is 9.10. The Morgan fingerprint density at radius 2 is 1.04 bits per heavy atom. The molecule has 8 rings (SSSR count). The van der Waals surface area contributed by atoms with Gasteiger partial charge in [-0.05, 0) is 116 Å². The highest BCUT2D eigenvalue weighted by molar-refractivity contribution is 7.86. The predicted molar refractivity (Wildman–Crippen MR) is 265 cm³/mol. The number of rotatable bonds is 13. The third kappa shape index (κ3) is 9.36. The Bertz CT molecular complexity index is 3690. The zero-order valence-corrected chi connectivity index (χ0v) is 40.3. The van der Waals surface area contributed by atoms with Crippen LogP contribution in [0.2, 0.25) is 0 Å². The summed E-state index contributed by atoms with van der Waals surface area (Å²) in [5.41, 5.74) is 7.76. The zero-order chi connectivity index (χ0) is 48.9. The van der Waals surface area contributed by atoms with Crippen molar-refractivity contribution in [3.05, 3.63) is 171 Å². The number of nitrogens with zero attached hydrogens (tertiary/aromatic N) is 1. The smallest absolute Gasteiger partial charge is 0.295 e. The van der Waals surface area contributed by atoms with Crippen LogP contribution in [0.5, 0.6) is 0 Å². The van der Waals surface area contributed by atoms with Gasteiger partial charge in [0.2, 0.25) is 0 Å². The van der Waals surface area contributed by atoms with E-state index in [1.807, 2.05) is 67.6 Å². The Balaban J connectivity index is 1.33. The molecule has 1 aliphatic carbocycles. The molecular formula is C51H48N4O10S3. The van der Waals surface area contributed by atoms with E-state index in [1.165, 1.54) is 12.1 Å². The number of hydrogen-bond donors (Lipinski definition) is 6. The molecule has 1 aliphatic heterocycles. The fourth-order valence-corrected chi connectivity index (χ4v) is 11.7. The predicted octanol–water partition coefficient (Wildman–Crippen LogP) is 11.0. The second kappa shape index (κ2) is 18.3. The first-order valence-corrected chi connectivity index (χ1v) is 25.6. The largest absolute Gasteiger partial charge is 0.456 e. The number of fused-ring (bicyclic) bond motifs is 2. The Morgan fingerprint density at radius 1 is 0.515 bits per heavy atom. The summed E-state index contributed by atoms with van der Waals surface area (Å²) in [7, 11) is -14.2. The van der Waals surface area contributed by atoms with E-state index in [0.717, 1.165) is 11.1 Å². The summed E-state index contributed by atoms with van der Waals surface area (Å²) >= 11 is 0. The molecule has 0 saturated heterocycles. The Labute approximate surface area is 395 Å². The summed E-state index contributed by atoms with van der Waals surface area (Å²) < 4.78 is 115. The Morgan fingerprint density at radius 3 is 1.62 bits per heavy atom. The first kappa shape index (κ1) is 47.6. The lowest BCUT2D eigenvalue weighted by Gasteiger charge is -2.23. The topological polar surface area (TPSA) is 225 Å². The molecule has 6 aromatic rings. The molecule has 0 aromatic heterocycles. The van der Waals surface area contributed by atoms with E-state index in [9.17, 15) is 38.9 Å². The minimum absolute atomic E-state index is 0.181. The van der Waals surface area contributed by atoms with Crippen LogP contribution in [0.15, 0.2) is 145 Å². The molecule has 0 spiro atoms. The third-order valence-corrected chi connectivity index (χ3v) is 15.3. The molecule has 6 aromatic carbocycles. The van der Waals surface area contributed by atoms with Crippen molar-refractivity contribution >= 4 is 69.8 Å². The highest BCUT2D eigenvalue weighted by Gasteiger charge is 2.28. The van der Waals surface area contributed by atoms with Crippen LogP contribution < -0.4 is 21.3 Å². The Hall–Kier alpha value is -6.86. The number of nitrogens with one attached hydrogen (secondary N) is 3. The van der Waals surface area contributed by atoms with Crippen LogP contribution in [0.25, 0.3) is 33.4 Å². The molecule has 0 unspecified atom stereocenters. The lowest BCUT2D eigenvalue weighted by atomic mass is 9.93. The molecule has 0 saturated carbocycles. The first-order valence-electron chi connectivity index (χ1n) is 21.3. The van der Waals surface area contributed by atoms with Crippen molar-refractivity contribution in [1.29, 1.82) is 0 Å². The quantitative estimate of drug-likeness (QED) is 0.0468. The van der Waals surface area contributed by atoms with E-state index in [2.05, 4.69) is 16.0 Å². The second-order valence-electron chi connectivity index (χ2n) is 16.6. The molecule has 2 aliphatic rings. The van der Waals surface area contributed by atoms with E-state index >= 15 is 0 Å². The molecule has 0 atom stereocenters. The summed E-state index contributed by atoms with van der Waals surface area (Å²) in [4.78, 5) is 4.06. The van der Waals surface area contributed by atoms with Gasteiger partial charge < -0.3 is 20.4 Å². The maximum absolute atomic E-state index is 12.9. The van der Waals surface area contributed by atoms with Crippen LogP contribution in [-0.4, -0.2) is 38.9 Å². The van der Waals surface area contributed by atoms with Crippen molar-refractivity contribution in [1.82, 2.24) is 0 Å². The summed E-state index contributed by atoms with van der Waals surface area (Å²) in [6.45, 7) is 10.8. The molecule has 1 heterocycles. The van der Waals surface area contributed by atoms with Crippen molar-refractivity contribution in [2.24, 2.45) is 4.99 Å². The number of hydrogen-bond acceptors (Lipinski definition) is 11. The van der Waals surface area contributed by atoms with Gasteiger partial charge >= 0.3 is 0 Å². The van der Waals surface area contributed by atoms with Crippen LogP contribution in [0.3, 0.4) is 0 Å². The molecule has 350 valence electrons. The minimum atomic E-state index is -4.74. The zero-order valence-electron chi connectivity index (χ0n) is 37.8. The van der Waals surface area contributed by atoms with Gasteiger partial charge in [0.25, 0.3) is 30.4 Å². The summed E-state index contributed by atoms with van der Waals surface area (Å²) in [5, 5.41) is 10.8. The molecule has 68 heavy (non-hydrogen) atoms. The van der Waals surface area contributed by atoms with Crippen LogP contribution in [0.4, 0.5) is 28.4 Å². The van der Waals surface area contributed by atoms with Crippen molar-refractivity contribution < 1.29 is 43.3 Å². The normalized spacial score (nSPS) is 12.5. The Kier molecular flexibility index (Phi) is 12.8. The van der Waals surface area contributed by atoms with Crippen LogP contribution in [-0.2, 0) is 43.4 Å². The maximum Gasteiger partial charge on any atom is 0.295 e. The van der Waals surface area contributed by atoms with Crippen molar-refractivity contribution in [3.63, 3.8) is 0 Å². The van der Waals surface area contributed by atoms with Gasteiger partial charge in [-0.2, -0.15) is 25.3 Å². The lowest BCUT2D eigenvalue weighted by Crippen LogP contribution is -2.12. The highest BCUT2D eigenvalue weighted by atomic mass is 32.2. The monoisotopic (exact) mass is 972 g/mol. The third-order valence-electron chi connectivity index (χ3n) is 12.1. The standard InChI is InChI=1S/C51H48N4O10S3/c1-29-46(52-27-35-15-9-7-10-16-35)31(3)50(67(59,60)61)33(5)48(29)54-37-21-23-39-42(25-37)65-43-26-38(22-24-40(43)45(39)41-19-13-14-20-44(41)66(56,57)58)55-49-30(2)47(53-28-36-17-11-8-12-18-36)32(4)51(34(49)6)68(62,63)64/h7-26,52-54H,27-28H2,1-6H3,(H,56,57,58)(H,59,60,61)(H,62,63,64)/b55-38+. The highest BCUT2D eigenvalue weighted by Crippen LogP contribution is 2.45. The van der Waals surface area contributed by atoms with Gasteiger partial charge in [-0.25, -0.2) is 4.99 Å². The fraction of sp³-hybridized carbons (Fsp3) is 0.157. The van der Waals surface area contributed by atoms with Gasteiger partial charge in [0.05, 0.1) is 11.0 Å². The molecule has 14 nitrogen and oxygen atoms in total. The van der Waals surface area contributed by atoms with Crippen molar-refractivity contribution in [3.8, 4) is 22.5 Å². The molecule has 0 fully saturated rings. The van der Waals surface area contributed by atoms with Crippen LogP contribution in [0, 0.1) is 41.5 Å². The van der Waals surface area contributed by atoms with Crippen molar-refractivity contribution in [2.75, 3.05) is 16.0 Å². The molecule has 0 radical (unpaired) electrons. The van der Waals surface area contributed by atoms with Gasteiger partial charge in [-0.15, -0.1) is 0 Å². The van der Waals surface area contributed by atoms with Crippen LogP contribution >= 0.6 is 0 Å². The van der Waals surface area contributed by atoms with Crippen LogP contribution in [0.1, 0.15) is 44.5 Å². The molecule has 17 heteroatoms. The molecular weight excluding hydrogens is 925 g/mol. The van der Waals surface area contributed by atoms with Gasteiger partial charge in [-0.3, -0.25) is 13.7 Å². The van der Waals surface area contributed by atoms with Gasteiger partial charge in [0.1, 0.15) is 26.0 Å². The number of anilines is 4. The first-order chi connectivity index (χ1) is 32.1. The molecule has 0 amide bonds. The average Bonchev–Trinajstić information content (AvgIpc) is 3.27. The minimum Gasteiger partial charge on any atom is -0.456 e. The van der Waals surface area contributed by atoms with E-state index in [-0.39, 0.29) is 48.4 Å². The number of benzene rings is 7. The maximum atomic E-state index is 12.9. The van der Waals surface area contributed by atoms with E-state index < -0.39 is 30.4 Å². The summed E-state index contributed by atoms with van der Waals surface area (Å²) in [5.74, 6) is 0.236. The SMILES string of the molecule is Cc1c(/N=c2\ccc3c(-c4ccccc4S(=O)(=O)O)c4ccc(Nc5c(C)c(NCc6ccccc6)c(C)c(S(=O)(=O)O)c5C)cc4oc-3c2)c(C)c(S(=O)(=O)O)c(C)c1NCc1ccccc1. The second-order valence-corrected chi connectivity index (χ2v) is 20.7. The van der Waals surface area contributed by atoms with Gasteiger partial charge in [0.15, 0.2) is 0 Å². The van der Waals surface area contributed by atoms with Crippen molar-refractivity contribution in [2.45, 2.75) is 69.3 Å². The van der Waals surface area contributed by atoms with E-state index in [0.29, 0.717) is 80.0 Å². The van der Waals surface area contributed by atoms with E-state index in [4.69, 9.17) is 9.41 Å². The average molecular weight is 973 g/mol. The van der Waals surface area contributed by atoms with E-state index in [1.54, 1.807) is 83.1 Å².